The van der Waals surface area contributed by atoms with E-state index in [1.807, 2.05) is 0 Å². The van der Waals surface area contributed by atoms with Crippen molar-refractivity contribution in [2.45, 2.75) is 31.8 Å². The Morgan fingerprint density at radius 1 is 1.22 bits per heavy atom. The summed E-state index contributed by atoms with van der Waals surface area (Å²) in [7, 11) is 3.34. The van der Waals surface area contributed by atoms with Gasteiger partial charge in [0.1, 0.15) is 18.5 Å². The summed E-state index contributed by atoms with van der Waals surface area (Å²) in [5.74, 6) is 0.742. The Morgan fingerprint density at radius 2 is 2.00 bits per heavy atom. The number of unbranched alkanes of at least 4 members (excludes halogenated alkanes) is 1. The smallest absolute Gasteiger partial charge is 0.430 e. The van der Waals surface area contributed by atoms with Gasteiger partial charge in [-0.15, -0.1) is 0 Å². The van der Waals surface area contributed by atoms with E-state index in [0.717, 1.165) is 25.1 Å². The van der Waals surface area contributed by atoms with Crippen LogP contribution in [0.1, 0.15) is 25.1 Å². The lowest BCUT2D eigenvalue weighted by atomic mass is 10.1. The Morgan fingerprint density at radius 3 is 2.70 bits per heavy atom. The second-order valence-corrected chi connectivity index (χ2v) is 5.62. The van der Waals surface area contributed by atoms with Crippen molar-refractivity contribution in [1.29, 1.82) is 0 Å². The standard InChI is InChI=1S/C14H18N4O5/c1-17-9(6-4-3-5-8-7-22-14(21)23-8)15-11-10(17)12(19)16-13(20)18(11)2/h8H,3-7H2,1-2H3,(H,16,19,20). The van der Waals surface area contributed by atoms with Gasteiger partial charge in [0.25, 0.3) is 5.56 Å². The molecule has 1 N–H and O–H groups in total. The van der Waals surface area contributed by atoms with Gasteiger partial charge in [-0.1, -0.05) is 0 Å². The molecule has 2 aromatic rings. The highest BCUT2D eigenvalue weighted by Gasteiger charge is 2.24. The van der Waals surface area contributed by atoms with Gasteiger partial charge in [-0.25, -0.2) is 14.6 Å². The first-order valence-electron chi connectivity index (χ1n) is 7.45. The first-order valence-corrected chi connectivity index (χ1v) is 7.45. The third-order valence-corrected chi connectivity index (χ3v) is 4.05. The Kier molecular flexibility index (Phi) is 3.93. The van der Waals surface area contributed by atoms with Gasteiger partial charge >= 0.3 is 11.8 Å². The van der Waals surface area contributed by atoms with Crippen molar-refractivity contribution in [2.24, 2.45) is 14.1 Å². The molecule has 0 amide bonds. The average molecular weight is 322 g/mol. The quantitative estimate of drug-likeness (QED) is 0.622. The van der Waals surface area contributed by atoms with E-state index in [-0.39, 0.29) is 6.10 Å². The number of fused-ring (bicyclic) bond motifs is 1. The summed E-state index contributed by atoms with van der Waals surface area (Å²) in [4.78, 5) is 41.1. The van der Waals surface area contributed by atoms with Crippen LogP contribution >= 0.6 is 0 Å². The predicted octanol–water partition coefficient (Wildman–Crippen LogP) is 0.208. The van der Waals surface area contributed by atoms with Crippen LogP contribution < -0.4 is 11.2 Å². The lowest BCUT2D eigenvalue weighted by molar-refractivity contribution is 0.115. The first-order chi connectivity index (χ1) is 11.0. The van der Waals surface area contributed by atoms with Crippen molar-refractivity contribution < 1.29 is 14.3 Å². The van der Waals surface area contributed by atoms with Gasteiger partial charge in [-0.2, -0.15) is 0 Å². The molecule has 0 bridgehead atoms. The average Bonchev–Trinajstić information content (AvgIpc) is 3.06. The molecule has 1 aliphatic rings. The number of rotatable bonds is 5. The molecule has 9 heteroatoms. The Hall–Kier alpha value is -2.58. The molecular weight excluding hydrogens is 304 g/mol. The van der Waals surface area contributed by atoms with Crippen LogP contribution in [0.4, 0.5) is 4.79 Å². The minimum absolute atomic E-state index is 0.174. The number of aromatic amines is 1. The summed E-state index contributed by atoms with van der Waals surface area (Å²) in [6.07, 6.45) is 2.29. The molecule has 3 heterocycles. The highest BCUT2D eigenvalue weighted by molar-refractivity contribution is 5.70. The highest BCUT2D eigenvalue weighted by Crippen LogP contribution is 2.15. The molecule has 124 valence electrons. The maximum Gasteiger partial charge on any atom is 0.508 e. The van der Waals surface area contributed by atoms with Crippen LogP contribution in [0, 0.1) is 0 Å². The van der Waals surface area contributed by atoms with E-state index in [1.54, 1.807) is 18.7 Å². The highest BCUT2D eigenvalue weighted by atomic mass is 16.8. The third-order valence-electron chi connectivity index (χ3n) is 4.05. The van der Waals surface area contributed by atoms with E-state index in [0.29, 0.717) is 24.2 Å². The third kappa shape index (κ3) is 2.86. The van der Waals surface area contributed by atoms with Crippen LogP contribution in [0.25, 0.3) is 11.2 Å². The Balaban J connectivity index is 1.69. The second kappa shape index (κ2) is 5.90. The maximum atomic E-state index is 11.9. The number of nitrogens with zero attached hydrogens (tertiary/aromatic N) is 3. The van der Waals surface area contributed by atoms with E-state index in [2.05, 4.69) is 9.97 Å². The van der Waals surface area contributed by atoms with Gasteiger partial charge in [0.05, 0.1) is 0 Å². The van der Waals surface area contributed by atoms with Crippen LogP contribution in [0.15, 0.2) is 9.59 Å². The molecule has 1 unspecified atom stereocenters. The van der Waals surface area contributed by atoms with Crippen molar-refractivity contribution in [1.82, 2.24) is 19.1 Å². The second-order valence-electron chi connectivity index (χ2n) is 5.62. The molecule has 1 atom stereocenters. The molecule has 1 fully saturated rings. The van der Waals surface area contributed by atoms with E-state index in [1.165, 1.54) is 4.57 Å². The van der Waals surface area contributed by atoms with Crippen molar-refractivity contribution in [3.8, 4) is 0 Å². The maximum absolute atomic E-state index is 11.9. The summed E-state index contributed by atoms with van der Waals surface area (Å²) in [5, 5.41) is 0. The SMILES string of the molecule is Cn1c(CCCCC2COC(=O)O2)nc2c1c(=O)[nH]c(=O)n2C. The van der Waals surface area contributed by atoms with Gasteiger partial charge in [0.2, 0.25) is 0 Å². The van der Waals surface area contributed by atoms with Crippen LogP contribution in [0.2, 0.25) is 0 Å². The molecule has 23 heavy (non-hydrogen) atoms. The van der Waals surface area contributed by atoms with Gasteiger partial charge < -0.3 is 14.0 Å². The van der Waals surface area contributed by atoms with Crippen molar-refractivity contribution in [3.05, 3.63) is 26.7 Å². The minimum atomic E-state index is -0.606. The molecule has 3 rings (SSSR count). The molecule has 1 saturated heterocycles. The zero-order valence-corrected chi connectivity index (χ0v) is 13.0. The summed E-state index contributed by atoms with van der Waals surface area (Å²) < 4.78 is 12.7. The fraction of sp³-hybridized carbons (Fsp3) is 0.571. The number of imidazole rings is 1. The van der Waals surface area contributed by atoms with Gasteiger partial charge in [0.15, 0.2) is 11.2 Å². The monoisotopic (exact) mass is 322 g/mol. The molecule has 1 aliphatic heterocycles. The normalized spacial score (nSPS) is 17.5. The molecule has 0 aromatic carbocycles. The lowest BCUT2D eigenvalue weighted by Gasteiger charge is -2.05. The number of hydrogen-bond donors (Lipinski definition) is 1. The van der Waals surface area contributed by atoms with Crippen LogP contribution in [0.5, 0.6) is 0 Å². The Bertz CT molecular complexity index is 862. The number of H-pyrrole nitrogens is 1. The summed E-state index contributed by atoms with van der Waals surface area (Å²) in [6, 6.07) is 0. The van der Waals surface area contributed by atoms with Gasteiger partial charge in [0, 0.05) is 20.5 Å². The summed E-state index contributed by atoms with van der Waals surface area (Å²) in [6.45, 7) is 0.308. The van der Waals surface area contributed by atoms with Crippen LogP contribution in [-0.4, -0.2) is 38.0 Å². The summed E-state index contributed by atoms with van der Waals surface area (Å²) >= 11 is 0. The fourth-order valence-electron chi connectivity index (χ4n) is 2.74. The molecule has 0 radical (unpaired) electrons. The summed E-state index contributed by atoms with van der Waals surface area (Å²) in [5.41, 5.74) is -0.135. The number of carbonyl (C=O) groups excluding carboxylic acids is 1. The molecule has 9 nitrogen and oxygen atoms in total. The Labute approximate surface area is 130 Å². The van der Waals surface area contributed by atoms with Crippen LogP contribution in [-0.2, 0) is 30.0 Å². The van der Waals surface area contributed by atoms with Crippen molar-refractivity contribution in [2.75, 3.05) is 6.61 Å². The lowest BCUT2D eigenvalue weighted by Crippen LogP contribution is -2.29. The predicted molar refractivity (Wildman–Crippen MR) is 80.4 cm³/mol. The molecule has 0 saturated carbocycles. The van der Waals surface area contributed by atoms with Gasteiger partial charge in [-0.05, 0) is 19.3 Å². The topological polar surface area (TPSA) is 108 Å². The van der Waals surface area contributed by atoms with Crippen molar-refractivity contribution >= 4 is 17.3 Å². The van der Waals surface area contributed by atoms with E-state index < -0.39 is 17.4 Å². The van der Waals surface area contributed by atoms with Crippen LogP contribution in [0.3, 0.4) is 0 Å². The molecule has 0 aliphatic carbocycles. The first kappa shape index (κ1) is 15.3. The minimum Gasteiger partial charge on any atom is -0.430 e. The number of nitrogens with one attached hydrogen (secondary N) is 1. The van der Waals surface area contributed by atoms with E-state index >= 15 is 0 Å². The fourth-order valence-corrected chi connectivity index (χ4v) is 2.74. The van der Waals surface area contributed by atoms with E-state index in [9.17, 15) is 14.4 Å². The largest absolute Gasteiger partial charge is 0.508 e. The number of aryl methyl sites for hydroxylation is 3. The number of ether oxygens (including phenoxy) is 2. The molecular formula is C14H18N4O5. The molecule has 2 aromatic heterocycles. The number of aromatic nitrogens is 4. The number of cyclic esters (lactones) is 2. The number of carbonyl (C=O) groups is 1. The van der Waals surface area contributed by atoms with Gasteiger partial charge in [-0.3, -0.25) is 14.3 Å². The number of hydrogen-bond acceptors (Lipinski definition) is 6. The van der Waals surface area contributed by atoms with E-state index in [4.69, 9.17) is 9.47 Å². The zero-order chi connectivity index (χ0) is 16.6. The zero-order valence-electron chi connectivity index (χ0n) is 13.0. The molecule has 0 spiro atoms. The van der Waals surface area contributed by atoms with Crippen molar-refractivity contribution in [3.63, 3.8) is 0 Å².